The molecule has 4 nitrogen and oxygen atoms in total. The van der Waals surface area contributed by atoms with Crippen LogP contribution in [-0.4, -0.2) is 27.4 Å². The monoisotopic (exact) mass is 337 g/mol. The van der Waals surface area contributed by atoms with Gasteiger partial charge in [-0.05, 0) is 68.1 Å². The third-order valence-electron chi connectivity index (χ3n) is 5.02. The number of sulfonamides is 1. The van der Waals surface area contributed by atoms with Crippen molar-refractivity contribution in [1.29, 1.82) is 0 Å². The summed E-state index contributed by atoms with van der Waals surface area (Å²) in [6.07, 6.45) is 6.45. The quantitative estimate of drug-likeness (QED) is 0.899. The first-order valence-corrected chi connectivity index (χ1v) is 10.4. The molecule has 1 aliphatic heterocycles. The van der Waals surface area contributed by atoms with Crippen molar-refractivity contribution in [2.45, 2.75) is 51.5 Å². The zero-order valence-corrected chi connectivity index (χ0v) is 14.7. The highest BCUT2D eigenvalue weighted by Crippen LogP contribution is 2.25. The van der Waals surface area contributed by atoms with E-state index in [1.807, 2.05) is 6.92 Å². The van der Waals surface area contributed by atoms with Gasteiger partial charge < -0.3 is 4.74 Å². The van der Waals surface area contributed by atoms with E-state index >= 15 is 0 Å². The van der Waals surface area contributed by atoms with E-state index in [-0.39, 0.29) is 17.7 Å². The molecule has 0 radical (unpaired) electrons. The van der Waals surface area contributed by atoms with Crippen molar-refractivity contribution in [2.75, 3.05) is 19.0 Å². The molecule has 1 aromatic carbocycles. The summed E-state index contributed by atoms with van der Waals surface area (Å²) in [6.45, 7) is 3.30. The topological polar surface area (TPSA) is 55.4 Å². The molecule has 1 N–H and O–H groups in total. The molecule has 2 aliphatic rings. The zero-order chi connectivity index (χ0) is 16.3. The number of benzene rings is 1. The number of hydrogen-bond acceptors (Lipinski definition) is 3. The van der Waals surface area contributed by atoms with Crippen molar-refractivity contribution >= 4 is 10.0 Å². The molecular weight excluding hydrogens is 310 g/mol. The molecule has 128 valence electrons. The minimum absolute atomic E-state index is 0.174. The Morgan fingerprint density at radius 1 is 1.17 bits per heavy atom. The van der Waals surface area contributed by atoms with E-state index in [0.29, 0.717) is 13.2 Å². The lowest BCUT2D eigenvalue weighted by molar-refractivity contribution is 0.0723. The molecule has 1 aromatic rings. The van der Waals surface area contributed by atoms with Gasteiger partial charge in [0.15, 0.2) is 0 Å². The van der Waals surface area contributed by atoms with Crippen molar-refractivity contribution in [3.63, 3.8) is 0 Å². The molecule has 1 aliphatic carbocycles. The van der Waals surface area contributed by atoms with Crippen LogP contribution in [0.5, 0.6) is 0 Å². The molecule has 23 heavy (non-hydrogen) atoms. The molecule has 0 aromatic heterocycles. The van der Waals surface area contributed by atoms with E-state index < -0.39 is 10.0 Å². The summed E-state index contributed by atoms with van der Waals surface area (Å²) in [5.41, 5.74) is 3.89. The fourth-order valence-electron chi connectivity index (χ4n) is 3.63. The Balaban J connectivity index is 1.64. The second-order valence-electron chi connectivity index (χ2n) is 6.91. The smallest absolute Gasteiger partial charge is 0.212 e. The van der Waals surface area contributed by atoms with Gasteiger partial charge in [0.1, 0.15) is 0 Å². The second kappa shape index (κ2) is 7.32. The lowest BCUT2D eigenvalue weighted by Gasteiger charge is -2.24. The van der Waals surface area contributed by atoms with Gasteiger partial charge in [-0.15, -0.1) is 0 Å². The first-order chi connectivity index (χ1) is 11.0. The van der Waals surface area contributed by atoms with Crippen molar-refractivity contribution in [1.82, 2.24) is 4.72 Å². The number of fused-ring (bicyclic) bond motifs is 1. The Morgan fingerprint density at radius 3 is 2.61 bits per heavy atom. The number of hydrogen-bond donors (Lipinski definition) is 1. The summed E-state index contributed by atoms with van der Waals surface area (Å²) in [5.74, 6) is 0.433. The highest BCUT2D eigenvalue weighted by atomic mass is 32.2. The molecule has 1 unspecified atom stereocenters. The first kappa shape index (κ1) is 16.9. The molecule has 1 heterocycles. The minimum Gasteiger partial charge on any atom is -0.381 e. The van der Waals surface area contributed by atoms with E-state index in [4.69, 9.17) is 4.74 Å². The maximum Gasteiger partial charge on any atom is 0.212 e. The van der Waals surface area contributed by atoms with Crippen LogP contribution in [0.4, 0.5) is 0 Å². The van der Waals surface area contributed by atoms with Gasteiger partial charge in [-0.3, -0.25) is 0 Å². The van der Waals surface area contributed by atoms with Crippen molar-refractivity contribution in [3.05, 3.63) is 34.9 Å². The Labute approximate surface area is 139 Å². The molecular formula is C18H27NO3S. The normalized spacial score (nSPS) is 20.9. The number of aryl methyl sites for hydroxylation is 2. The fraction of sp³-hybridized carbons (Fsp3) is 0.667. The SMILES string of the molecule is CC(NS(=O)(=O)CC1CCOCC1)c1ccc2c(c1)CCCC2. The number of ether oxygens (including phenoxy) is 1. The van der Waals surface area contributed by atoms with Gasteiger partial charge in [0.2, 0.25) is 10.0 Å². The van der Waals surface area contributed by atoms with Crippen molar-refractivity contribution in [2.24, 2.45) is 5.92 Å². The molecule has 0 bridgehead atoms. The lowest BCUT2D eigenvalue weighted by atomic mass is 9.89. The summed E-state index contributed by atoms with van der Waals surface area (Å²) in [4.78, 5) is 0. The summed E-state index contributed by atoms with van der Waals surface area (Å²) in [6, 6.07) is 6.27. The van der Waals surface area contributed by atoms with E-state index in [1.165, 1.54) is 24.0 Å². The third-order valence-corrected chi connectivity index (χ3v) is 6.65. The van der Waals surface area contributed by atoms with Crippen LogP contribution in [0.25, 0.3) is 0 Å². The Kier molecular flexibility index (Phi) is 5.39. The van der Waals surface area contributed by atoms with Crippen LogP contribution in [0.1, 0.15) is 55.3 Å². The van der Waals surface area contributed by atoms with Crippen LogP contribution in [0.3, 0.4) is 0 Å². The maximum absolute atomic E-state index is 12.4. The lowest BCUT2D eigenvalue weighted by Crippen LogP contribution is -2.33. The van der Waals surface area contributed by atoms with Crippen LogP contribution in [0.15, 0.2) is 18.2 Å². The van der Waals surface area contributed by atoms with E-state index in [9.17, 15) is 8.42 Å². The average molecular weight is 337 g/mol. The van der Waals surface area contributed by atoms with Gasteiger partial charge >= 0.3 is 0 Å². The first-order valence-electron chi connectivity index (χ1n) is 8.73. The van der Waals surface area contributed by atoms with Crippen LogP contribution < -0.4 is 4.72 Å². The minimum atomic E-state index is -3.26. The zero-order valence-electron chi connectivity index (χ0n) is 13.9. The molecule has 1 atom stereocenters. The number of rotatable bonds is 5. The maximum atomic E-state index is 12.4. The highest BCUT2D eigenvalue weighted by molar-refractivity contribution is 7.89. The van der Waals surface area contributed by atoms with Crippen LogP contribution in [-0.2, 0) is 27.6 Å². The van der Waals surface area contributed by atoms with Gasteiger partial charge in [-0.25, -0.2) is 13.1 Å². The average Bonchev–Trinajstić information content (AvgIpc) is 2.54. The second-order valence-corrected chi connectivity index (χ2v) is 8.71. The molecule has 5 heteroatoms. The standard InChI is InChI=1S/C18H27NO3S/c1-14(17-7-6-16-4-2-3-5-18(16)12-17)19-23(20,21)13-15-8-10-22-11-9-15/h6-7,12,14-15,19H,2-5,8-11,13H2,1H3. The Morgan fingerprint density at radius 2 is 1.87 bits per heavy atom. The van der Waals surface area contributed by atoms with Gasteiger partial charge in [-0.1, -0.05) is 18.2 Å². The van der Waals surface area contributed by atoms with Crippen molar-refractivity contribution < 1.29 is 13.2 Å². The Hall–Kier alpha value is -0.910. The highest BCUT2D eigenvalue weighted by Gasteiger charge is 2.23. The predicted octanol–water partition coefficient (Wildman–Crippen LogP) is 2.97. The fourth-order valence-corrected chi connectivity index (χ4v) is 5.36. The number of nitrogens with one attached hydrogen (secondary N) is 1. The van der Waals surface area contributed by atoms with Crippen LogP contribution in [0, 0.1) is 5.92 Å². The molecule has 0 spiro atoms. The summed E-state index contributed by atoms with van der Waals surface area (Å²) >= 11 is 0. The summed E-state index contributed by atoms with van der Waals surface area (Å²) < 4.78 is 33.0. The summed E-state index contributed by atoms with van der Waals surface area (Å²) in [7, 11) is -3.26. The molecule has 0 amide bonds. The Bertz CT molecular complexity index is 636. The summed E-state index contributed by atoms with van der Waals surface area (Å²) in [5, 5.41) is 0. The third kappa shape index (κ3) is 4.55. The predicted molar refractivity (Wildman–Crippen MR) is 92.0 cm³/mol. The van der Waals surface area contributed by atoms with E-state index in [0.717, 1.165) is 31.2 Å². The molecule has 1 saturated heterocycles. The van der Waals surface area contributed by atoms with Gasteiger partial charge in [0.05, 0.1) is 5.75 Å². The molecule has 3 rings (SSSR count). The van der Waals surface area contributed by atoms with Gasteiger partial charge in [-0.2, -0.15) is 0 Å². The van der Waals surface area contributed by atoms with Crippen LogP contribution in [0.2, 0.25) is 0 Å². The van der Waals surface area contributed by atoms with Gasteiger partial charge in [0, 0.05) is 19.3 Å². The largest absolute Gasteiger partial charge is 0.381 e. The van der Waals surface area contributed by atoms with Crippen LogP contribution >= 0.6 is 0 Å². The van der Waals surface area contributed by atoms with E-state index in [1.54, 1.807) is 0 Å². The van der Waals surface area contributed by atoms with Gasteiger partial charge in [0.25, 0.3) is 0 Å². The molecule has 0 saturated carbocycles. The van der Waals surface area contributed by atoms with E-state index in [2.05, 4.69) is 22.9 Å². The molecule has 1 fully saturated rings. The van der Waals surface area contributed by atoms with Crippen molar-refractivity contribution in [3.8, 4) is 0 Å².